The van der Waals surface area contributed by atoms with Crippen LogP contribution in [0.5, 0.6) is 0 Å². The Labute approximate surface area is 106 Å². The van der Waals surface area contributed by atoms with Gasteiger partial charge in [-0.3, -0.25) is 4.68 Å². The molecule has 1 N–H and O–H groups in total. The zero-order valence-corrected chi connectivity index (χ0v) is 10.7. The fourth-order valence-corrected chi connectivity index (χ4v) is 1.62. The Morgan fingerprint density at radius 1 is 1.44 bits per heavy atom. The topological polar surface area (TPSA) is 68.8 Å². The first-order chi connectivity index (χ1) is 8.88. The summed E-state index contributed by atoms with van der Waals surface area (Å²) in [4.78, 5) is 4.32. The molecular weight excluding hydrogens is 230 g/mol. The Morgan fingerprint density at radius 2 is 2.39 bits per heavy atom. The number of aromatic nitrogens is 4. The van der Waals surface area contributed by atoms with Crippen LogP contribution in [0.2, 0.25) is 0 Å². The van der Waals surface area contributed by atoms with Crippen LogP contribution in [0.4, 0.5) is 0 Å². The summed E-state index contributed by atoms with van der Waals surface area (Å²) in [5, 5.41) is 11.3. The molecular formula is C12H19N5O. The van der Waals surface area contributed by atoms with Crippen molar-refractivity contribution in [3.05, 3.63) is 30.2 Å². The quantitative estimate of drug-likeness (QED) is 0.716. The second-order valence-electron chi connectivity index (χ2n) is 4.15. The van der Waals surface area contributed by atoms with Crippen LogP contribution in [-0.2, 0) is 19.5 Å². The Bertz CT molecular complexity index is 437. The molecule has 18 heavy (non-hydrogen) atoms. The van der Waals surface area contributed by atoms with E-state index in [-0.39, 0.29) is 0 Å². The molecule has 0 fully saturated rings. The summed E-state index contributed by atoms with van der Waals surface area (Å²) in [6.45, 7) is 4.46. The SMILES string of the molecule is CCCCc1nc(CNCCn2cccn2)no1. The second-order valence-corrected chi connectivity index (χ2v) is 4.15. The Morgan fingerprint density at radius 3 is 3.17 bits per heavy atom. The molecule has 0 bridgehead atoms. The minimum Gasteiger partial charge on any atom is -0.339 e. The molecule has 2 aromatic heterocycles. The standard InChI is InChI=1S/C12H19N5O/c1-2-3-5-12-15-11(16-18-12)10-13-7-9-17-8-4-6-14-17/h4,6,8,13H,2-3,5,7,9-10H2,1H3. The maximum Gasteiger partial charge on any atom is 0.226 e. The lowest BCUT2D eigenvalue weighted by Crippen LogP contribution is -2.20. The molecule has 2 heterocycles. The molecule has 2 aromatic rings. The third kappa shape index (κ3) is 3.96. The van der Waals surface area contributed by atoms with Crippen molar-refractivity contribution >= 4 is 0 Å². The predicted molar refractivity (Wildman–Crippen MR) is 66.8 cm³/mol. The molecule has 0 aliphatic heterocycles. The third-order valence-corrected chi connectivity index (χ3v) is 2.61. The van der Waals surface area contributed by atoms with Crippen LogP contribution in [0.25, 0.3) is 0 Å². The molecule has 2 rings (SSSR count). The van der Waals surface area contributed by atoms with Crippen molar-refractivity contribution in [2.45, 2.75) is 39.3 Å². The average molecular weight is 249 g/mol. The Balaban J connectivity index is 1.65. The number of nitrogens with zero attached hydrogens (tertiary/aromatic N) is 4. The van der Waals surface area contributed by atoms with E-state index in [0.29, 0.717) is 6.54 Å². The molecule has 0 unspecified atom stereocenters. The monoisotopic (exact) mass is 249 g/mol. The van der Waals surface area contributed by atoms with Gasteiger partial charge in [0.25, 0.3) is 0 Å². The molecule has 6 heteroatoms. The van der Waals surface area contributed by atoms with E-state index in [1.807, 2.05) is 16.9 Å². The summed E-state index contributed by atoms with van der Waals surface area (Å²) in [7, 11) is 0. The Hall–Kier alpha value is -1.69. The van der Waals surface area contributed by atoms with Gasteiger partial charge in [-0.15, -0.1) is 0 Å². The van der Waals surface area contributed by atoms with Gasteiger partial charge in [-0.25, -0.2) is 0 Å². The zero-order chi connectivity index (χ0) is 12.6. The van der Waals surface area contributed by atoms with Gasteiger partial charge in [0.1, 0.15) is 0 Å². The number of nitrogens with one attached hydrogen (secondary N) is 1. The van der Waals surface area contributed by atoms with Crippen molar-refractivity contribution < 1.29 is 4.52 Å². The summed E-state index contributed by atoms with van der Waals surface area (Å²) in [5.41, 5.74) is 0. The molecule has 0 aliphatic carbocycles. The van der Waals surface area contributed by atoms with Gasteiger partial charge in [0.05, 0.1) is 13.1 Å². The molecule has 6 nitrogen and oxygen atoms in total. The third-order valence-electron chi connectivity index (χ3n) is 2.61. The molecule has 0 spiro atoms. The van der Waals surface area contributed by atoms with Crippen LogP contribution in [0.3, 0.4) is 0 Å². The molecule has 0 aliphatic rings. The first kappa shape index (κ1) is 12.8. The molecule has 0 saturated carbocycles. The Kier molecular flexibility index (Phi) is 4.89. The van der Waals surface area contributed by atoms with Crippen LogP contribution < -0.4 is 5.32 Å². The molecule has 0 saturated heterocycles. The average Bonchev–Trinajstić information content (AvgIpc) is 3.04. The van der Waals surface area contributed by atoms with Gasteiger partial charge in [0.15, 0.2) is 5.82 Å². The minimum atomic E-state index is 0.636. The lowest BCUT2D eigenvalue weighted by Gasteiger charge is -2.01. The molecule has 98 valence electrons. The van der Waals surface area contributed by atoms with Crippen molar-refractivity contribution in [1.82, 2.24) is 25.2 Å². The summed E-state index contributed by atoms with van der Waals surface area (Å²) in [6.07, 6.45) is 6.82. The van der Waals surface area contributed by atoms with Gasteiger partial charge >= 0.3 is 0 Å². The van der Waals surface area contributed by atoms with E-state index in [0.717, 1.165) is 44.1 Å². The van der Waals surface area contributed by atoms with Gasteiger partial charge in [0, 0.05) is 25.4 Å². The zero-order valence-electron chi connectivity index (χ0n) is 10.7. The lowest BCUT2D eigenvalue weighted by atomic mass is 10.2. The second kappa shape index (κ2) is 6.90. The predicted octanol–water partition coefficient (Wildman–Crippen LogP) is 1.40. The van der Waals surface area contributed by atoms with E-state index in [4.69, 9.17) is 4.52 Å². The number of rotatable bonds is 8. The highest BCUT2D eigenvalue weighted by molar-refractivity contribution is 4.86. The highest BCUT2D eigenvalue weighted by Gasteiger charge is 2.04. The number of hydrogen-bond acceptors (Lipinski definition) is 5. The van der Waals surface area contributed by atoms with E-state index in [1.54, 1.807) is 6.20 Å². The van der Waals surface area contributed by atoms with Crippen molar-refractivity contribution in [2.75, 3.05) is 6.54 Å². The summed E-state index contributed by atoms with van der Waals surface area (Å²) < 4.78 is 7.04. The first-order valence-electron chi connectivity index (χ1n) is 6.38. The minimum absolute atomic E-state index is 0.636. The van der Waals surface area contributed by atoms with E-state index >= 15 is 0 Å². The summed E-state index contributed by atoms with van der Waals surface area (Å²) in [5.74, 6) is 1.46. The molecule has 0 aromatic carbocycles. The maximum absolute atomic E-state index is 5.15. The van der Waals surface area contributed by atoms with Crippen molar-refractivity contribution in [3.63, 3.8) is 0 Å². The van der Waals surface area contributed by atoms with E-state index in [9.17, 15) is 0 Å². The first-order valence-corrected chi connectivity index (χ1v) is 6.38. The smallest absolute Gasteiger partial charge is 0.226 e. The van der Waals surface area contributed by atoms with Crippen LogP contribution in [-0.4, -0.2) is 26.5 Å². The van der Waals surface area contributed by atoms with Gasteiger partial charge in [0.2, 0.25) is 5.89 Å². The van der Waals surface area contributed by atoms with E-state index < -0.39 is 0 Å². The van der Waals surface area contributed by atoms with Gasteiger partial charge < -0.3 is 9.84 Å². The van der Waals surface area contributed by atoms with Gasteiger partial charge in [-0.1, -0.05) is 18.5 Å². The highest BCUT2D eigenvalue weighted by Crippen LogP contribution is 2.02. The summed E-state index contributed by atoms with van der Waals surface area (Å²) in [6, 6.07) is 1.92. The van der Waals surface area contributed by atoms with Crippen LogP contribution in [0.15, 0.2) is 23.0 Å². The molecule has 0 radical (unpaired) electrons. The van der Waals surface area contributed by atoms with Gasteiger partial charge in [-0.2, -0.15) is 10.1 Å². The summed E-state index contributed by atoms with van der Waals surface area (Å²) >= 11 is 0. The number of aryl methyl sites for hydroxylation is 1. The number of unbranched alkanes of at least 4 members (excludes halogenated alkanes) is 1. The van der Waals surface area contributed by atoms with Crippen molar-refractivity contribution in [2.24, 2.45) is 0 Å². The van der Waals surface area contributed by atoms with Crippen LogP contribution in [0.1, 0.15) is 31.5 Å². The van der Waals surface area contributed by atoms with E-state index in [2.05, 4.69) is 27.5 Å². The van der Waals surface area contributed by atoms with Crippen molar-refractivity contribution in [1.29, 1.82) is 0 Å². The van der Waals surface area contributed by atoms with E-state index in [1.165, 1.54) is 0 Å². The molecule has 0 amide bonds. The van der Waals surface area contributed by atoms with Gasteiger partial charge in [-0.05, 0) is 12.5 Å². The fraction of sp³-hybridized carbons (Fsp3) is 0.583. The highest BCUT2D eigenvalue weighted by atomic mass is 16.5. The van der Waals surface area contributed by atoms with Crippen molar-refractivity contribution in [3.8, 4) is 0 Å². The van der Waals surface area contributed by atoms with Crippen LogP contribution in [0, 0.1) is 0 Å². The van der Waals surface area contributed by atoms with Crippen LogP contribution >= 0.6 is 0 Å². The maximum atomic E-state index is 5.15. The number of hydrogen-bond donors (Lipinski definition) is 1. The molecule has 0 atom stereocenters. The lowest BCUT2D eigenvalue weighted by molar-refractivity contribution is 0.368. The normalized spacial score (nSPS) is 10.9. The largest absolute Gasteiger partial charge is 0.339 e. The fourth-order valence-electron chi connectivity index (χ4n) is 1.62.